The molecular weight excluding hydrogens is 282 g/mol. The summed E-state index contributed by atoms with van der Waals surface area (Å²) in [4.78, 5) is 0. The maximum atomic E-state index is 10.1. The minimum Gasteiger partial charge on any atom is -0.387 e. The first-order valence-electron chi connectivity index (χ1n) is 7.19. The molecule has 2 rings (SSSR count). The second-order valence-electron chi connectivity index (χ2n) is 5.45. The standard InChI is InChI=1S/C18H23NO.ClH/c1-14(2)16-10-8-15(9-11-16)12-19-13-18(20)17-6-4-3-5-7-17;/h3-11,14,18-20H,12-13H2,1-2H3;1H. The summed E-state index contributed by atoms with van der Waals surface area (Å²) in [7, 11) is 0. The Kier molecular flexibility index (Phi) is 7.44. The van der Waals surface area contributed by atoms with Crippen molar-refractivity contribution in [2.24, 2.45) is 0 Å². The van der Waals surface area contributed by atoms with Crippen LogP contribution in [0.1, 0.15) is 42.6 Å². The second kappa shape index (κ2) is 8.83. The van der Waals surface area contributed by atoms with E-state index in [0.717, 1.165) is 12.1 Å². The highest BCUT2D eigenvalue weighted by atomic mass is 35.5. The van der Waals surface area contributed by atoms with Crippen LogP contribution < -0.4 is 5.32 Å². The summed E-state index contributed by atoms with van der Waals surface area (Å²) in [6.07, 6.45) is -0.453. The summed E-state index contributed by atoms with van der Waals surface area (Å²) in [6.45, 7) is 5.74. The predicted molar refractivity (Wildman–Crippen MR) is 90.9 cm³/mol. The van der Waals surface area contributed by atoms with Crippen molar-refractivity contribution >= 4 is 12.4 Å². The van der Waals surface area contributed by atoms with Crippen LogP contribution in [0.15, 0.2) is 54.6 Å². The van der Waals surface area contributed by atoms with Gasteiger partial charge in [-0.15, -0.1) is 12.4 Å². The number of rotatable bonds is 6. The minimum absolute atomic E-state index is 0. The molecule has 0 heterocycles. The molecule has 0 aliphatic carbocycles. The third kappa shape index (κ3) is 5.50. The van der Waals surface area contributed by atoms with Crippen molar-refractivity contribution in [3.63, 3.8) is 0 Å². The molecule has 0 aromatic heterocycles. The molecule has 2 N–H and O–H groups in total. The third-order valence-electron chi connectivity index (χ3n) is 3.50. The summed E-state index contributed by atoms with van der Waals surface area (Å²) in [5.74, 6) is 0.567. The maximum absolute atomic E-state index is 10.1. The number of nitrogens with one attached hydrogen (secondary N) is 1. The molecule has 0 saturated carbocycles. The molecule has 0 saturated heterocycles. The SMILES string of the molecule is CC(C)c1ccc(CNCC(O)c2ccccc2)cc1.Cl. The van der Waals surface area contributed by atoms with E-state index in [1.54, 1.807) is 0 Å². The zero-order valence-corrected chi connectivity index (χ0v) is 13.4. The fourth-order valence-corrected chi connectivity index (χ4v) is 2.17. The minimum atomic E-state index is -0.453. The van der Waals surface area contributed by atoms with Crippen LogP contribution in [-0.4, -0.2) is 11.7 Å². The van der Waals surface area contributed by atoms with E-state index in [9.17, 15) is 5.11 Å². The normalized spacial score (nSPS) is 12.0. The predicted octanol–water partition coefficient (Wildman–Crippen LogP) is 4.06. The molecule has 0 bridgehead atoms. The van der Waals surface area contributed by atoms with E-state index in [1.807, 2.05) is 30.3 Å². The zero-order valence-electron chi connectivity index (χ0n) is 12.6. The molecule has 114 valence electrons. The van der Waals surface area contributed by atoms with Crippen LogP contribution in [-0.2, 0) is 6.54 Å². The summed E-state index contributed by atoms with van der Waals surface area (Å²) >= 11 is 0. The molecule has 0 fully saturated rings. The van der Waals surface area contributed by atoms with Crippen LogP contribution >= 0.6 is 12.4 Å². The van der Waals surface area contributed by atoms with Crippen LogP contribution in [0.4, 0.5) is 0 Å². The van der Waals surface area contributed by atoms with E-state index >= 15 is 0 Å². The van der Waals surface area contributed by atoms with Crippen molar-refractivity contribution in [1.82, 2.24) is 5.32 Å². The Labute approximate surface area is 133 Å². The van der Waals surface area contributed by atoms with Crippen molar-refractivity contribution in [2.75, 3.05) is 6.54 Å². The number of aliphatic hydroxyl groups excluding tert-OH is 1. The first kappa shape index (κ1) is 17.7. The second-order valence-corrected chi connectivity index (χ2v) is 5.45. The largest absolute Gasteiger partial charge is 0.387 e. The van der Waals surface area contributed by atoms with E-state index in [1.165, 1.54) is 11.1 Å². The van der Waals surface area contributed by atoms with E-state index in [-0.39, 0.29) is 12.4 Å². The average molecular weight is 306 g/mol. The molecule has 0 aliphatic rings. The van der Waals surface area contributed by atoms with Crippen molar-refractivity contribution in [1.29, 1.82) is 0 Å². The third-order valence-corrected chi connectivity index (χ3v) is 3.50. The number of hydrogen-bond acceptors (Lipinski definition) is 2. The fourth-order valence-electron chi connectivity index (χ4n) is 2.17. The molecule has 0 aliphatic heterocycles. The van der Waals surface area contributed by atoms with Crippen molar-refractivity contribution < 1.29 is 5.11 Å². The van der Waals surface area contributed by atoms with Gasteiger partial charge in [0, 0.05) is 13.1 Å². The van der Waals surface area contributed by atoms with Crippen molar-refractivity contribution in [3.8, 4) is 0 Å². The Hall–Kier alpha value is -1.35. The Morgan fingerprint density at radius 3 is 2.10 bits per heavy atom. The Bertz CT molecular complexity index is 511. The van der Waals surface area contributed by atoms with Crippen LogP contribution in [0.2, 0.25) is 0 Å². The molecule has 1 atom stereocenters. The quantitative estimate of drug-likeness (QED) is 0.843. The fraction of sp³-hybridized carbons (Fsp3) is 0.333. The molecule has 1 unspecified atom stereocenters. The number of benzene rings is 2. The lowest BCUT2D eigenvalue weighted by molar-refractivity contribution is 0.174. The molecular formula is C18H24ClNO. The van der Waals surface area contributed by atoms with Gasteiger partial charge in [-0.05, 0) is 22.6 Å². The van der Waals surface area contributed by atoms with Gasteiger partial charge in [0.05, 0.1) is 6.10 Å². The van der Waals surface area contributed by atoms with Crippen molar-refractivity contribution in [2.45, 2.75) is 32.4 Å². The van der Waals surface area contributed by atoms with Crippen LogP contribution in [0.3, 0.4) is 0 Å². The molecule has 3 heteroatoms. The van der Waals surface area contributed by atoms with Gasteiger partial charge in [0.25, 0.3) is 0 Å². The highest BCUT2D eigenvalue weighted by Gasteiger charge is 2.06. The summed E-state index contributed by atoms with van der Waals surface area (Å²) < 4.78 is 0. The maximum Gasteiger partial charge on any atom is 0.0914 e. The monoisotopic (exact) mass is 305 g/mol. The number of hydrogen-bond donors (Lipinski definition) is 2. The van der Waals surface area contributed by atoms with Crippen LogP contribution in [0.5, 0.6) is 0 Å². The van der Waals surface area contributed by atoms with Gasteiger partial charge in [0.2, 0.25) is 0 Å². The molecule has 2 aromatic carbocycles. The van der Waals surface area contributed by atoms with E-state index in [0.29, 0.717) is 12.5 Å². The van der Waals surface area contributed by atoms with Gasteiger partial charge in [-0.2, -0.15) is 0 Å². The average Bonchev–Trinajstić information content (AvgIpc) is 2.48. The van der Waals surface area contributed by atoms with Gasteiger partial charge >= 0.3 is 0 Å². The number of halogens is 1. The molecule has 0 spiro atoms. The van der Waals surface area contributed by atoms with Gasteiger partial charge in [-0.1, -0.05) is 68.4 Å². The lowest BCUT2D eigenvalue weighted by atomic mass is 10.0. The van der Waals surface area contributed by atoms with Crippen LogP contribution in [0, 0.1) is 0 Å². The topological polar surface area (TPSA) is 32.3 Å². The van der Waals surface area contributed by atoms with Gasteiger partial charge in [-0.25, -0.2) is 0 Å². The first-order valence-corrected chi connectivity index (χ1v) is 7.19. The summed E-state index contributed by atoms with van der Waals surface area (Å²) in [5, 5.41) is 13.4. The molecule has 0 amide bonds. The van der Waals surface area contributed by atoms with Crippen molar-refractivity contribution in [3.05, 3.63) is 71.3 Å². The molecule has 21 heavy (non-hydrogen) atoms. The Morgan fingerprint density at radius 1 is 0.905 bits per heavy atom. The van der Waals surface area contributed by atoms with Gasteiger partial charge in [-0.3, -0.25) is 0 Å². The van der Waals surface area contributed by atoms with E-state index in [4.69, 9.17) is 0 Å². The lowest BCUT2D eigenvalue weighted by Crippen LogP contribution is -2.21. The first-order chi connectivity index (χ1) is 9.66. The van der Waals surface area contributed by atoms with Gasteiger partial charge < -0.3 is 10.4 Å². The molecule has 0 radical (unpaired) electrons. The highest BCUT2D eigenvalue weighted by molar-refractivity contribution is 5.85. The van der Waals surface area contributed by atoms with E-state index in [2.05, 4.69) is 43.4 Å². The zero-order chi connectivity index (χ0) is 14.4. The molecule has 2 nitrogen and oxygen atoms in total. The Morgan fingerprint density at radius 2 is 1.52 bits per heavy atom. The highest BCUT2D eigenvalue weighted by Crippen LogP contribution is 2.15. The van der Waals surface area contributed by atoms with Gasteiger partial charge in [0.15, 0.2) is 0 Å². The Balaban J connectivity index is 0.00000220. The molecule has 2 aromatic rings. The lowest BCUT2D eigenvalue weighted by Gasteiger charge is -2.12. The van der Waals surface area contributed by atoms with Gasteiger partial charge in [0.1, 0.15) is 0 Å². The summed E-state index contributed by atoms with van der Waals surface area (Å²) in [5.41, 5.74) is 3.56. The van der Waals surface area contributed by atoms with Crippen LogP contribution in [0.25, 0.3) is 0 Å². The number of aliphatic hydroxyl groups is 1. The smallest absolute Gasteiger partial charge is 0.0914 e. The summed E-state index contributed by atoms with van der Waals surface area (Å²) in [6, 6.07) is 18.4. The van der Waals surface area contributed by atoms with E-state index < -0.39 is 6.10 Å².